The first-order chi connectivity index (χ1) is 18.0. The lowest BCUT2D eigenvalue weighted by molar-refractivity contribution is -0.124. The van der Waals surface area contributed by atoms with Crippen LogP contribution in [0.4, 0.5) is 0 Å². The number of carbonyl (C=O) groups is 3. The zero-order valence-corrected chi connectivity index (χ0v) is 21.4. The molecule has 194 valence electrons. The first kappa shape index (κ1) is 26.1. The second kappa shape index (κ2) is 12.3. The highest BCUT2D eigenvalue weighted by Gasteiger charge is 2.31. The Balaban J connectivity index is 1.36. The summed E-state index contributed by atoms with van der Waals surface area (Å²) in [6, 6.07) is 14.1. The number of hydrogen-bond donors (Lipinski definition) is 3. The number of nitrogens with zero attached hydrogens (tertiary/aromatic N) is 1. The van der Waals surface area contributed by atoms with Crippen molar-refractivity contribution in [3.63, 3.8) is 0 Å². The quantitative estimate of drug-likeness (QED) is 0.405. The number of amides is 3. The summed E-state index contributed by atoms with van der Waals surface area (Å²) >= 11 is 0. The van der Waals surface area contributed by atoms with Crippen LogP contribution in [-0.2, 0) is 17.8 Å². The highest BCUT2D eigenvalue weighted by molar-refractivity contribution is 5.96. The zero-order valence-electron chi connectivity index (χ0n) is 21.4. The number of rotatable bonds is 9. The van der Waals surface area contributed by atoms with Crippen LogP contribution < -0.4 is 16.0 Å². The van der Waals surface area contributed by atoms with Crippen LogP contribution in [0.25, 0.3) is 11.3 Å². The van der Waals surface area contributed by atoms with Crippen LogP contribution in [-0.4, -0.2) is 35.8 Å². The lowest BCUT2D eigenvalue weighted by Crippen LogP contribution is -2.50. The Morgan fingerprint density at radius 1 is 0.973 bits per heavy atom. The normalized spacial score (nSPS) is 14.5. The fourth-order valence-corrected chi connectivity index (χ4v) is 4.73. The van der Waals surface area contributed by atoms with Gasteiger partial charge in [-0.05, 0) is 60.6 Å². The van der Waals surface area contributed by atoms with Gasteiger partial charge in [0.25, 0.3) is 11.8 Å². The molecule has 3 N–H and O–H groups in total. The van der Waals surface area contributed by atoms with E-state index in [4.69, 9.17) is 4.42 Å². The fraction of sp³-hybridized carbons (Fsp3) is 0.379. The molecular weight excluding hydrogens is 468 g/mol. The van der Waals surface area contributed by atoms with Crippen molar-refractivity contribution in [1.82, 2.24) is 20.9 Å². The van der Waals surface area contributed by atoms with Crippen molar-refractivity contribution in [2.24, 2.45) is 5.92 Å². The van der Waals surface area contributed by atoms with Crippen LogP contribution in [0.1, 0.15) is 71.2 Å². The molecule has 8 nitrogen and oxygen atoms in total. The van der Waals surface area contributed by atoms with Gasteiger partial charge in [0.15, 0.2) is 5.76 Å². The Kier molecular flexibility index (Phi) is 8.72. The van der Waals surface area contributed by atoms with E-state index in [1.54, 1.807) is 31.4 Å². The smallest absolute Gasteiger partial charge is 0.287 e. The van der Waals surface area contributed by atoms with Crippen molar-refractivity contribution < 1.29 is 18.8 Å². The molecule has 1 aliphatic carbocycles. The molecule has 8 heteroatoms. The molecule has 1 atom stereocenters. The largest absolute Gasteiger partial charge is 0.451 e. The van der Waals surface area contributed by atoms with Crippen LogP contribution in [0.5, 0.6) is 0 Å². The van der Waals surface area contributed by atoms with Gasteiger partial charge in [0.1, 0.15) is 17.5 Å². The molecule has 0 spiro atoms. The molecule has 3 amide bonds. The minimum atomic E-state index is -0.569. The average Bonchev–Trinajstić information content (AvgIpc) is 3.45. The summed E-state index contributed by atoms with van der Waals surface area (Å²) in [6.07, 6.45) is 7.65. The second-order valence-electron chi connectivity index (χ2n) is 9.41. The summed E-state index contributed by atoms with van der Waals surface area (Å²) in [7, 11) is 1.59. The SMILES string of the molecule is CCc1ccnc(C(=O)NCc2ccc(-c3ccc(C(=O)N[C@H](C(=O)NC)C4CCCCC4)o3)cc2)c1. The molecule has 0 saturated heterocycles. The number of furan rings is 1. The zero-order chi connectivity index (χ0) is 26.2. The Labute approximate surface area is 217 Å². The third kappa shape index (κ3) is 6.64. The van der Waals surface area contributed by atoms with Crippen molar-refractivity contribution in [1.29, 1.82) is 0 Å². The van der Waals surface area contributed by atoms with Crippen molar-refractivity contribution >= 4 is 17.7 Å². The van der Waals surface area contributed by atoms with Crippen molar-refractivity contribution in [3.8, 4) is 11.3 Å². The average molecular weight is 503 g/mol. The Morgan fingerprint density at radius 2 is 1.73 bits per heavy atom. The highest BCUT2D eigenvalue weighted by Crippen LogP contribution is 2.27. The van der Waals surface area contributed by atoms with Crippen LogP contribution in [0.3, 0.4) is 0 Å². The van der Waals surface area contributed by atoms with E-state index in [-0.39, 0.29) is 23.5 Å². The van der Waals surface area contributed by atoms with Gasteiger partial charge in [-0.2, -0.15) is 0 Å². The molecule has 0 radical (unpaired) electrons. The van der Waals surface area contributed by atoms with E-state index in [9.17, 15) is 14.4 Å². The topological polar surface area (TPSA) is 113 Å². The summed E-state index contributed by atoms with van der Waals surface area (Å²) in [5, 5.41) is 8.45. The van der Waals surface area contributed by atoms with E-state index >= 15 is 0 Å². The van der Waals surface area contributed by atoms with Gasteiger partial charge in [-0.25, -0.2) is 0 Å². The molecule has 1 aliphatic rings. The predicted molar refractivity (Wildman–Crippen MR) is 141 cm³/mol. The predicted octanol–water partition coefficient (Wildman–Crippen LogP) is 4.26. The third-order valence-electron chi connectivity index (χ3n) is 6.92. The molecule has 0 bridgehead atoms. The van der Waals surface area contributed by atoms with Gasteiger partial charge in [-0.15, -0.1) is 0 Å². The molecule has 4 rings (SSSR count). The summed E-state index contributed by atoms with van der Waals surface area (Å²) in [4.78, 5) is 41.9. The summed E-state index contributed by atoms with van der Waals surface area (Å²) < 4.78 is 5.83. The molecule has 2 aromatic heterocycles. The van der Waals surface area contributed by atoms with E-state index in [2.05, 4.69) is 20.9 Å². The van der Waals surface area contributed by atoms with E-state index in [1.165, 1.54) is 6.42 Å². The Morgan fingerprint density at radius 3 is 2.43 bits per heavy atom. The van der Waals surface area contributed by atoms with Crippen LogP contribution in [0, 0.1) is 5.92 Å². The standard InChI is InChI=1S/C29H34N4O4/c1-3-19-15-16-31-23(17-19)27(34)32-18-20-9-11-21(12-10-20)24-13-14-25(37-24)28(35)33-26(29(36)30-2)22-7-5-4-6-8-22/h9-17,22,26H,3-8,18H2,1-2H3,(H,30,36)(H,32,34)(H,33,35)/t26-/m0/s1. The minimum absolute atomic E-state index is 0.131. The highest BCUT2D eigenvalue weighted by atomic mass is 16.4. The molecule has 1 saturated carbocycles. The van der Waals surface area contributed by atoms with Crippen molar-refractivity contribution in [2.45, 2.75) is 58.0 Å². The number of nitrogens with one attached hydrogen (secondary N) is 3. The van der Waals surface area contributed by atoms with Crippen molar-refractivity contribution in [2.75, 3.05) is 7.05 Å². The molecule has 1 aromatic carbocycles. The number of likely N-dealkylation sites (N-methyl/N-ethyl adjacent to an activating group) is 1. The van der Waals surface area contributed by atoms with Gasteiger partial charge in [0.2, 0.25) is 5.91 Å². The van der Waals surface area contributed by atoms with E-state index < -0.39 is 11.9 Å². The molecule has 37 heavy (non-hydrogen) atoms. The summed E-state index contributed by atoms with van der Waals surface area (Å²) in [6.45, 7) is 2.40. The van der Waals surface area contributed by atoms with E-state index in [0.29, 0.717) is 18.0 Å². The molecule has 0 aliphatic heterocycles. The van der Waals surface area contributed by atoms with Gasteiger partial charge in [-0.3, -0.25) is 19.4 Å². The monoisotopic (exact) mass is 502 g/mol. The van der Waals surface area contributed by atoms with E-state index in [0.717, 1.165) is 48.8 Å². The van der Waals surface area contributed by atoms with Gasteiger partial charge in [0.05, 0.1) is 0 Å². The molecule has 1 fully saturated rings. The minimum Gasteiger partial charge on any atom is -0.451 e. The van der Waals surface area contributed by atoms with Gasteiger partial charge >= 0.3 is 0 Å². The van der Waals surface area contributed by atoms with Gasteiger partial charge in [0, 0.05) is 25.4 Å². The lowest BCUT2D eigenvalue weighted by Gasteiger charge is -2.29. The van der Waals surface area contributed by atoms with E-state index in [1.807, 2.05) is 37.3 Å². The Hall–Kier alpha value is -3.94. The number of carbonyl (C=O) groups excluding carboxylic acids is 3. The lowest BCUT2D eigenvalue weighted by atomic mass is 9.83. The third-order valence-corrected chi connectivity index (χ3v) is 6.92. The molecule has 2 heterocycles. The second-order valence-corrected chi connectivity index (χ2v) is 9.41. The van der Waals surface area contributed by atoms with Gasteiger partial charge in [-0.1, -0.05) is 50.5 Å². The maximum absolute atomic E-state index is 12.9. The molecular formula is C29H34N4O4. The van der Waals surface area contributed by atoms with Crippen LogP contribution in [0.15, 0.2) is 59.1 Å². The number of aryl methyl sites for hydroxylation is 1. The van der Waals surface area contributed by atoms with Gasteiger partial charge < -0.3 is 20.4 Å². The molecule has 3 aromatic rings. The fourth-order valence-electron chi connectivity index (χ4n) is 4.73. The number of hydrogen-bond acceptors (Lipinski definition) is 5. The summed E-state index contributed by atoms with van der Waals surface area (Å²) in [5.74, 6) is 0.0539. The Bertz CT molecular complexity index is 1230. The molecule has 0 unspecified atom stereocenters. The summed E-state index contributed by atoms with van der Waals surface area (Å²) in [5.41, 5.74) is 3.20. The number of pyridine rings is 1. The first-order valence-electron chi connectivity index (χ1n) is 12.9. The number of benzene rings is 1. The first-order valence-corrected chi connectivity index (χ1v) is 12.9. The van der Waals surface area contributed by atoms with Crippen molar-refractivity contribution in [3.05, 3.63) is 77.3 Å². The maximum atomic E-state index is 12.9. The maximum Gasteiger partial charge on any atom is 0.287 e. The van der Waals surface area contributed by atoms with Crippen LogP contribution >= 0.6 is 0 Å². The number of aromatic nitrogens is 1. The van der Waals surface area contributed by atoms with Crippen LogP contribution in [0.2, 0.25) is 0 Å².